The van der Waals surface area contributed by atoms with E-state index in [4.69, 9.17) is 9.84 Å². The minimum atomic E-state index is -0.286. The molecule has 2 N–H and O–H groups in total. The van der Waals surface area contributed by atoms with Gasteiger partial charge in [-0.15, -0.1) is 11.3 Å². The maximum Gasteiger partial charge on any atom is 0.264 e. The number of aliphatic hydroxyl groups is 2. The summed E-state index contributed by atoms with van der Waals surface area (Å²) in [6.07, 6.45) is 0. The van der Waals surface area contributed by atoms with Crippen LogP contribution in [0.2, 0.25) is 0 Å². The molecule has 1 unspecified atom stereocenters. The Morgan fingerprint density at radius 3 is 3.10 bits per heavy atom. The molecule has 1 amide bonds. The van der Waals surface area contributed by atoms with Crippen LogP contribution < -0.4 is 0 Å². The predicted octanol–water partition coefficient (Wildman–Crippen LogP) is 0.234. The zero-order valence-electron chi connectivity index (χ0n) is 11.3. The van der Waals surface area contributed by atoms with Crippen LogP contribution in [0.4, 0.5) is 0 Å². The molecule has 108 valence electrons. The molecule has 2 rings (SSSR count). The number of amides is 1. The lowest BCUT2D eigenvalue weighted by Gasteiger charge is -2.34. The van der Waals surface area contributed by atoms with Crippen molar-refractivity contribution in [2.24, 2.45) is 0 Å². The number of ether oxygens (including phenoxy) is 1. The van der Waals surface area contributed by atoms with Crippen molar-refractivity contribution in [1.29, 1.82) is 0 Å². The van der Waals surface area contributed by atoms with Gasteiger partial charge in [-0.2, -0.15) is 0 Å². The number of hydrogen-bond donors (Lipinski definition) is 2. The van der Waals surface area contributed by atoms with Gasteiger partial charge in [0.25, 0.3) is 5.91 Å². The van der Waals surface area contributed by atoms with Gasteiger partial charge in [0.1, 0.15) is 6.61 Å². The average Bonchev–Trinajstić information content (AvgIpc) is 2.85. The average molecular weight is 295 g/mol. The van der Waals surface area contributed by atoms with Crippen molar-refractivity contribution in [2.75, 3.05) is 33.0 Å². The quantitative estimate of drug-likeness (QED) is 0.767. The third-order valence-corrected chi connectivity index (χ3v) is 4.25. The van der Waals surface area contributed by atoms with Gasteiger partial charge in [-0.3, -0.25) is 4.79 Å². The van der Waals surface area contributed by atoms with E-state index in [2.05, 4.69) is 11.8 Å². The first-order valence-corrected chi connectivity index (χ1v) is 7.18. The van der Waals surface area contributed by atoms with Crippen molar-refractivity contribution in [3.63, 3.8) is 0 Å². The molecule has 2 heterocycles. The largest absolute Gasteiger partial charge is 0.394 e. The number of aryl methyl sites for hydroxylation is 1. The SMILES string of the molecule is Cc1cc(C(=O)N2CCOCC2CO)sc1C#CCO. The summed E-state index contributed by atoms with van der Waals surface area (Å²) in [6, 6.07) is 1.52. The third kappa shape index (κ3) is 3.19. The second-order valence-corrected chi connectivity index (χ2v) is 5.54. The molecule has 0 spiro atoms. The fraction of sp³-hybridized carbons (Fsp3) is 0.500. The molecule has 0 aromatic carbocycles. The standard InChI is InChI=1S/C14H17NO4S/c1-10-7-13(20-12(10)3-2-5-16)14(18)15-4-6-19-9-11(15)8-17/h7,11,16-17H,4-6,8-9H2,1H3. The van der Waals surface area contributed by atoms with Crippen LogP contribution in [0.3, 0.4) is 0 Å². The van der Waals surface area contributed by atoms with E-state index < -0.39 is 0 Å². The molecule has 1 aromatic heterocycles. The Morgan fingerprint density at radius 1 is 1.60 bits per heavy atom. The number of nitrogens with zero attached hydrogens (tertiary/aromatic N) is 1. The summed E-state index contributed by atoms with van der Waals surface area (Å²) in [5, 5.41) is 18.0. The van der Waals surface area contributed by atoms with E-state index in [-0.39, 0.29) is 25.2 Å². The van der Waals surface area contributed by atoms with E-state index in [0.717, 1.165) is 10.4 Å². The number of thiophene rings is 1. The zero-order valence-corrected chi connectivity index (χ0v) is 12.1. The Hall–Kier alpha value is -1.39. The minimum Gasteiger partial charge on any atom is -0.394 e. The minimum absolute atomic E-state index is 0.0995. The van der Waals surface area contributed by atoms with Crippen LogP contribution in [0.1, 0.15) is 20.1 Å². The van der Waals surface area contributed by atoms with Gasteiger partial charge in [-0.1, -0.05) is 11.8 Å². The van der Waals surface area contributed by atoms with Crippen molar-refractivity contribution >= 4 is 17.2 Å². The number of carbonyl (C=O) groups excluding carboxylic acids is 1. The highest BCUT2D eigenvalue weighted by Crippen LogP contribution is 2.23. The number of carbonyl (C=O) groups is 1. The van der Waals surface area contributed by atoms with Gasteiger partial charge in [0.05, 0.1) is 35.6 Å². The normalized spacial score (nSPS) is 18.6. The highest BCUT2D eigenvalue weighted by atomic mass is 32.1. The molecular formula is C14H17NO4S. The highest BCUT2D eigenvalue weighted by molar-refractivity contribution is 7.14. The summed E-state index contributed by atoms with van der Waals surface area (Å²) in [6.45, 7) is 2.92. The van der Waals surface area contributed by atoms with Gasteiger partial charge in [0.2, 0.25) is 0 Å². The fourth-order valence-electron chi connectivity index (χ4n) is 2.05. The van der Waals surface area contributed by atoms with Gasteiger partial charge in [0, 0.05) is 6.54 Å². The molecule has 1 aliphatic rings. The molecule has 1 fully saturated rings. The van der Waals surface area contributed by atoms with E-state index >= 15 is 0 Å². The van der Waals surface area contributed by atoms with Gasteiger partial charge >= 0.3 is 0 Å². The molecule has 20 heavy (non-hydrogen) atoms. The Bertz CT molecular complexity index is 543. The summed E-state index contributed by atoms with van der Waals surface area (Å²) < 4.78 is 5.27. The summed E-state index contributed by atoms with van der Waals surface area (Å²) in [5.74, 6) is 5.33. The fourth-order valence-corrected chi connectivity index (χ4v) is 3.05. The van der Waals surface area contributed by atoms with Crippen LogP contribution in [0.15, 0.2) is 6.07 Å². The first-order valence-electron chi connectivity index (χ1n) is 6.37. The van der Waals surface area contributed by atoms with Gasteiger partial charge < -0.3 is 19.8 Å². The van der Waals surface area contributed by atoms with Crippen molar-refractivity contribution in [3.05, 3.63) is 21.4 Å². The maximum absolute atomic E-state index is 12.5. The topological polar surface area (TPSA) is 70.0 Å². The lowest BCUT2D eigenvalue weighted by atomic mass is 10.2. The van der Waals surface area contributed by atoms with Crippen LogP contribution in [-0.4, -0.2) is 60.0 Å². The number of rotatable bonds is 2. The van der Waals surface area contributed by atoms with E-state index in [9.17, 15) is 9.90 Å². The van der Waals surface area contributed by atoms with Crippen molar-refractivity contribution in [3.8, 4) is 11.8 Å². The molecule has 1 aromatic rings. The molecule has 0 aliphatic carbocycles. The molecule has 0 bridgehead atoms. The Kier molecular flexibility index (Phi) is 5.15. The molecule has 5 nitrogen and oxygen atoms in total. The van der Waals surface area contributed by atoms with Crippen molar-refractivity contribution < 1.29 is 19.7 Å². The van der Waals surface area contributed by atoms with Crippen LogP contribution >= 0.6 is 11.3 Å². The van der Waals surface area contributed by atoms with Gasteiger partial charge in [0.15, 0.2) is 0 Å². The first kappa shape index (κ1) is 15.0. The Balaban J connectivity index is 2.20. The first-order chi connectivity index (χ1) is 9.67. The maximum atomic E-state index is 12.5. The van der Waals surface area contributed by atoms with Crippen LogP contribution in [0.25, 0.3) is 0 Å². The number of aliphatic hydroxyl groups excluding tert-OH is 2. The van der Waals surface area contributed by atoms with Crippen molar-refractivity contribution in [2.45, 2.75) is 13.0 Å². The molecule has 1 atom stereocenters. The van der Waals surface area contributed by atoms with Crippen molar-refractivity contribution in [1.82, 2.24) is 4.90 Å². The van der Waals surface area contributed by atoms with Crippen LogP contribution in [0.5, 0.6) is 0 Å². The van der Waals surface area contributed by atoms with E-state index in [1.807, 2.05) is 6.92 Å². The van der Waals surface area contributed by atoms with Crippen LogP contribution in [-0.2, 0) is 4.74 Å². The summed E-state index contributed by atoms with van der Waals surface area (Å²) >= 11 is 1.32. The smallest absolute Gasteiger partial charge is 0.264 e. The monoisotopic (exact) mass is 295 g/mol. The summed E-state index contributed by atoms with van der Waals surface area (Å²) in [7, 11) is 0. The number of hydrogen-bond acceptors (Lipinski definition) is 5. The molecular weight excluding hydrogens is 278 g/mol. The Morgan fingerprint density at radius 2 is 2.40 bits per heavy atom. The molecule has 0 saturated carbocycles. The Labute approximate surface area is 121 Å². The summed E-state index contributed by atoms with van der Waals surface area (Å²) in [5.41, 5.74) is 0.924. The zero-order chi connectivity index (χ0) is 14.5. The van der Waals surface area contributed by atoms with Crippen LogP contribution in [0, 0.1) is 18.8 Å². The molecule has 6 heteroatoms. The van der Waals surface area contributed by atoms with Gasteiger partial charge in [-0.05, 0) is 18.6 Å². The molecule has 0 radical (unpaired) electrons. The lowest BCUT2D eigenvalue weighted by Crippen LogP contribution is -2.50. The highest BCUT2D eigenvalue weighted by Gasteiger charge is 2.28. The second-order valence-electron chi connectivity index (χ2n) is 4.49. The lowest BCUT2D eigenvalue weighted by molar-refractivity contribution is -0.0181. The molecule has 1 saturated heterocycles. The predicted molar refractivity (Wildman–Crippen MR) is 75.7 cm³/mol. The van der Waals surface area contributed by atoms with E-state index in [1.165, 1.54) is 11.3 Å². The second kappa shape index (κ2) is 6.86. The van der Waals surface area contributed by atoms with E-state index in [0.29, 0.717) is 24.6 Å². The van der Waals surface area contributed by atoms with Gasteiger partial charge in [-0.25, -0.2) is 0 Å². The third-order valence-electron chi connectivity index (χ3n) is 3.11. The molecule has 1 aliphatic heterocycles. The number of morpholine rings is 1. The summed E-state index contributed by atoms with van der Waals surface area (Å²) in [4.78, 5) is 15.5. The van der Waals surface area contributed by atoms with E-state index in [1.54, 1.807) is 11.0 Å².